The molecule has 0 aromatic heterocycles. The Balaban J connectivity index is 2.57. The second-order valence-corrected chi connectivity index (χ2v) is 4.90. The summed E-state index contributed by atoms with van der Waals surface area (Å²) in [6, 6.07) is 8.90. The standard InChI is InChI=1S/C14H9Cl2FO2/c15-10-3-8(4-11(16)7-10)13-2-1-12(17)5-9(13)6-14(18)19/h1-5,7H,6H2,(H,18,19). The summed E-state index contributed by atoms with van der Waals surface area (Å²) in [4.78, 5) is 10.8. The van der Waals surface area contributed by atoms with Crippen molar-refractivity contribution in [2.75, 3.05) is 0 Å². The van der Waals surface area contributed by atoms with E-state index in [2.05, 4.69) is 0 Å². The van der Waals surface area contributed by atoms with Crippen LogP contribution in [0.2, 0.25) is 10.0 Å². The summed E-state index contributed by atoms with van der Waals surface area (Å²) >= 11 is 11.8. The molecule has 98 valence electrons. The summed E-state index contributed by atoms with van der Waals surface area (Å²) in [7, 11) is 0. The van der Waals surface area contributed by atoms with E-state index in [1.165, 1.54) is 18.2 Å². The molecule has 0 atom stereocenters. The topological polar surface area (TPSA) is 37.3 Å². The molecule has 0 amide bonds. The smallest absolute Gasteiger partial charge is 0.307 e. The lowest BCUT2D eigenvalue weighted by Gasteiger charge is -2.09. The van der Waals surface area contributed by atoms with Crippen molar-refractivity contribution in [3.63, 3.8) is 0 Å². The molecule has 0 unspecified atom stereocenters. The number of hydrogen-bond donors (Lipinski definition) is 1. The van der Waals surface area contributed by atoms with Gasteiger partial charge in [-0.05, 0) is 47.0 Å². The Morgan fingerprint density at radius 2 is 1.74 bits per heavy atom. The van der Waals surface area contributed by atoms with Gasteiger partial charge in [-0.25, -0.2) is 4.39 Å². The highest BCUT2D eigenvalue weighted by Gasteiger charge is 2.11. The molecule has 0 aliphatic heterocycles. The summed E-state index contributed by atoms with van der Waals surface area (Å²) < 4.78 is 13.2. The SMILES string of the molecule is O=C(O)Cc1cc(F)ccc1-c1cc(Cl)cc(Cl)c1. The maximum atomic E-state index is 13.2. The summed E-state index contributed by atoms with van der Waals surface area (Å²) in [6.07, 6.45) is -0.267. The quantitative estimate of drug-likeness (QED) is 0.910. The zero-order valence-corrected chi connectivity index (χ0v) is 11.2. The Labute approximate surface area is 119 Å². The third-order valence-corrected chi connectivity index (χ3v) is 3.02. The fourth-order valence-electron chi connectivity index (χ4n) is 1.86. The number of carboxylic acid groups (broad SMARTS) is 1. The van der Waals surface area contributed by atoms with Gasteiger partial charge in [-0.1, -0.05) is 29.3 Å². The first-order valence-corrected chi connectivity index (χ1v) is 6.18. The highest BCUT2D eigenvalue weighted by atomic mass is 35.5. The summed E-state index contributed by atoms with van der Waals surface area (Å²) in [5.41, 5.74) is 1.65. The molecule has 0 spiro atoms. The predicted octanol–water partition coefficient (Wildman–Crippen LogP) is 4.43. The van der Waals surface area contributed by atoms with E-state index in [-0.39, 0.29) is 6.42 Å². The average molecular weight is 299 g/mol. The molecule has 0 bridgehead atoms. The number of carbonyl (C=O) groups is 1. The van der Waals surface area contributed by atoms with Crippen LogP contribution in [0.4, 0.5) is 4.39 Å². The third kappa shape index (κ3) is 3.46. The molecule has 2 aromatic rings. The van der Waals surface area contributed by atoms with Gasteiger partial charge in [-0.15, -0.1) is 0 Å². The molecular weight excluding hydrogens is 290 g/mol. The summed E-state index contributed by atoms with van der Waals surface area (Å²) in [5.74, 6) is -1.51. The van der Waals surface area contributed by atoms with Crippen molar-refractivity contribution in [3.8, 4) is 11.1 Å². The van der Waals surface area contributed by atoms with E-state index in [0.29, 0.717) is 26.7 Å². The van der Waals surface area contributed by atoms with E-state index in [0.717, 1.165) is 0 Å². The first-order valence-electron chi connectivity index (χ1n) is 5.42. The molecule has 2 nitrogen and oxygen atoms in total. The van der Waals surface area contributed by atoms with Crippen LogP contribution in [0.1, 0.15) is 5.56 Å². The lowest BCUT2D eigenvalue weighted by Crippen LogP contribution is -2.02. The molecule has 2 aromatic carbocycles. The lowest BCUT2D eigenvalue weighted by molar-refractivity contribution is -0.136. The minimum atomic E-state index is -1.03. The maximum Gasteiger partial charge on any atom is 0.307 e. The summed E-state index contributed by atoms with van der Waals surface area (Å²) in [5, 5.41) is 9.74. The predicted molar refractivity (Wildman–Crippen MR) is 73.2 cm³/mol. The maximum absolute atomic E-state index is 13.2. The molecular formula is C14H9Cl2FO2. The highest BCUT2D eigenvalue weighted by Crippen LogP contribution is 2.30. The summed E-state index contributed by atoms with van der Waals surface area (Å²) in [6.45, 7) is 0. The molecule has 0 fully saturated rings. The number of carboxylic acids is 1. The monoisotopic (exact) mass is 298 g/mol. The Morgan fingerprint density at radius 3 is 2.32 bits per heavy atom. The molecule has 1 N–H and O–H groups in total. The van der Waals surface area contributed by atoms with Crippen molar-refractivity contribution in [1.82, 2.24) is 0 Å². The molecule has 2 rings (SSSR count). The van der Waals surface area contributed by atoms with E-state index in [4.69, 9.17) is 28.3 Å². The van der Waals surface area contributed by atoms with Gasteiger partial charge in [-0.3, -0.25) is 4.79 Å². The Hall–Kier alpha value is -1.58. The van der Waals surface area contributed by atoms with E-state index < -0.39 is 11.8 Å². The number of hydrogen-bond acceptors (Lipinski definition) is 1. The second-order valence-electron chi connectivity index (χ2n) is 4.03. The first kappa shape index (κ1) is 13.8. The van der Waals surface area contributed by atoms with Crippen molar-refractivity contribution in [2.45, 2.75) is 6.42 Å². The van der Waals surface area contributed by atoms with Crippen LogP contribution in [-0.4, -0.2) is 11.1 Å². The van der Waals surface area contributed by atoms with Crippen molar-refractivity contribution in [3.05, 3.63) is 57.8 Å². The van der Waals surface area contributed by atoms with Gasteiger partial charge < -0.3 is 5.11 Å². The van der Waals surface area contributed by atoms with Crippen LogP contribution < -0.4 is 0 Å². The van der Waals surface area contributed by atoms with Gasteiger partial charge in [0.1, 0.15) is 5.82 Å². The van der Waals surface area contributed by atoms with E-state index in [1.807, 2.05) is 0 Å². The number of aliphatic carboxylic acids is 1. The van der Waals surface area contributed by atoms with Crippen LogP contribution in [0.25, 0.3) is 11.1 Å². The molecule has 0 radical (unpaired) electrons. The molecule has 0 saturated carbocycles. The zero-order chi connectivity index (χ0) is 14.0. The Morgan fingerprint density at radius 1 is 1.11 bits per heavy atom. The van der Waals surface area contributed by atoms with Crippen LogP contribution >= 0.6 is 23.2 Å². The largest absolute Gasteiger partial charge is 0.481 e. The molecule has 0 aliphatic carbocycles. The van der Waals surface area contributed by atoms with Crippen molar-refractivity contribution < 1.29 is 14.3 Å². The second kappa shape index (κ2) is 5.59. The molecule has 0 heterocycles. The van der Waals surface area contributed by atoms with Crippen LogP contribution in [0, 0.1) is 5.82 Å². The third-order valence-electron chi connectivity index (χ3n) is 2.58. The van der Waals surface area contributed by atoms with E-state index >= 15 is 0 Å². The van der Waals surface area contributed by atoms with E-state index in [9.17, 15) is 9.18 Å². The molecule has 0 saturated heterocycles. The molecule has 0 aliphatic rings. The van der Waals surface area contributed by atoms with Crippen LogP contribution in [0.5, 0.6) is 0 Å². The van der Waals surface area contributed by atoms with Crippen molar-refractivity contribution in [1.29, 1.82) is 0 Å². The van der Waals surface area contributed by atoms with Gasteiger partial charge in [0, 0.05) is 10.0 Å². The molecule has 19 heavy (non-hydrogen) atoms. The molecule has 5 heteroatoms. The number of rotatable bonds is 3. The zero-order valence-electron chi connectivity index (χ0n) is 9.66. The van der Waals surface area contributed by atoms with E-state index in [1.54, 1.807) is 18.2 Å². The number of benzene rings is 2. The number of halogens is 3. The normalized spacial score (nSPS) is 10.5. The highest BCUT2D eigenvalue weighted by molar-refractivity contribution is 6.35. The van der Waals surface area contributed by atoms with Crippen molar-refractivity contribution >= 4 is 29.2 Å². The minimum absolute atomic E-state index is 0.267. The van der Waals surface area contributed by atoms with Gasteiger partial charge >= 0.3 is 5.97 Å². The van der Waals surface area contributed by atoms with Crippen molar-refractivity contribution in [2.24, 2.45) is 0 Å². The van der Waals surface area contributed by atoms with Crippen LogP contribution in [0.3, 0.4) is 0 Å². The minimum Gasteiger partial charge on any atom is -0.481 e. The van der Waals surface area contributed by atoms with Gasteiger partial charge in [0.15, 0.2) is 0 Å². The first-order chi connectivity index (χ1) is 8.95. The Kier molecular flexibility index (Phi) is 4.08. The lowest BCUT2D eigenvalue weighted by atomic mass is 9.97. The van der Waals surface area contributed by atoms with Gasteiger partial charge in [0.2, 0.25) is 0 Å². The van der Waals surface area contributed by atoms with Crippen LogP contribution in [0.15, 0.2) is 36.4 Å². The van der Waals surface area contributed by atoms with Gasteiger partial charge in [0.25, 0.3) is 0 Å². The fourth-order valence-corrected chi connectivity index (χ4v) is 2.39. The fraction of sp³-hybridized carbons (Fsp3) is 0.0714. The van der Waals surface area contributed by atoms with Gasteiger partial charge in [-0.2, -0.15) is 0 Å². The average Bonchev–Trinajstić information content (AvgIpc) is 2.26. The Bertz CT molecular complexity index is 621. The van der Waals surface area contributed by atoms with Gasteiger partial charge in [0.05, 0.1) is 6.42 Å². The van der Waals surface area contributed by atoms with Crippen LogP contribution in [-0.2, 0) is 11.2 Å².